The molecule has 4 aromatic rings. The standard InChI is InChI=1S/C23H20N2O3/c1-28-20-11-10-16(13-6-2-3-8-15(13)20)21-22-17(12-19(25-21)23(26)27)14-7-4-5-9-18(14)24-22/h2-11,19,21,24-25H,12H2,1H3,(H,26,27)/t19-,21+/m0/s1. The number of H-pyrrole nitrogens is 1. The summed E-state index contributed by atoms with van der Waals surface area (Å²) in [7, 11) is 1.66. The van der Waals surface area contributed by atoms with Crippen molar-refractivity contribution >= 4 is 27.6 Å². The van der Waals surface area contributed by atoms with Crippen LogP contribution in [0.4, 0.5) is 0 Å². The van der Waals surface area contributed by atoms with Gasteiger partial charge in [-0.1, -0.05) is 48.5 Å². The first-order valence-electron chi connectivity index (χ1n) is 9.31. The van der Waals surface area contributed by atoms with Gasteiger partial charge in [-0.15, -0.1) is 0 Å². The van der Waals surface area contributed by atoms with Crippen molar-refractivity contribution < 1.29 is 14.6 Å². The highest BCUT2D eigenvalue weighted by molar-refractivity contribution is 5.93. The average Bonchev–Trinajstić information content (AvgIpc) is 3.11. The number of ether oxygens (including phenoxy) is 1. The van der Waals surface area contributed by atoms with Crippen LogP contribution in [0.15, 0.2) is 60.7 Å². The number of hydrogen-bond acceptors (Lipinski definition) is 3. The molecule has 0 amide bonds. The van der Waals surface area contributed by atoms with Gasteiger partial charge in [0.1, 0.15) is 11.8 Å². The number of methoxy groups -OCH3 is 1. The molecule has 0 radical (unpaired) electrons. The van der Waals surface area contributed by atoms with E-state index >= 15 is 0 Å². The molecule has 5 heteroatoms. The van der Waals surface area contributed by atoms with Crippen molar-refractivity contribution in [3.63, 3.8) is 0 Å². The zero-order valence-corrected chi connectivity index (χ0v) is 15.4. The Hall–Kier alpha value is -3.31. The number of carboxylic acids is 1. The van der Waals surface area contributed by atoms with Crippen molar-refractivity contribution in [2.75, 3.05) is 7.11 Å². The van der Waals surface area contributed by atoms with E-state index in [1.54, 1.807) is 7.11 Å². The van der Waals surface area contributed by atoms with Crippen LogP contribution in [-0.4, -0.2) is 29.2 Å². The van der Waals surface area contributed by atoms with Gasteiger partial charge in [0.15, 0.2) is 0 Å². The summed E-state index contributed by atoms with van der Waals surface area (Å²) in [5, 5.41) is 16.2. The van der Waals surface area contributed by atoms with Crippen LogP contribution in [0.2, 0.25) is 0 Å². The summed E-state index contributed by atoms with van der Waals surface area (Å²) in [5.41, 5.74) is 4.18. The lowest BCUT2D eigenvalue weighted by molar-refractivity contribution is -0.139. The summed E-state index contributed by atoms with van der Waals surface area (Å²) < 4.78 is 5.52. The molecule has 1 aliphatic rings. The smallest absolute Gasteiger partial charge is 0.321 e. The van der Waals surface area contributed by atoms with Gasteiger partial charge in [-0.2, -0.15) is 0 Å². The maximum atomic E-state index is 11.9. The first-order chi connectivity index (χ1) is 13.7. The number of para-hydroxylation sites is 1. The second kappa shape index (κ2) is 6.39. The van der Waals surface area contributed by atoms with Crippen molar-refractivity contribution in [2.45, 2.75) is 18.5 Å². The SMILES string of the molecule is COc1ccc([C@H]2N[C@H](C(=O)O)Cc3c2[nH]c2ccccc32)c2ccccc12. The summed E-state index contributed by atoms with van der Waals surface area (Å²) in [6.45, 7) is 0. The molecule has 3 N–H and O–H groups in total. The van der Waals surface area contributed by atoms with E-state index in [-0.39, 0.29) is 6.04 Å². The number of hydrogen-bond donors (Lipinski definition) is 3. The van der Waals surface area contributed by atoms with Gasteiger partial charge < -0.3 is 14.8 Å². The molecule has 0 saturated heterocycles. The summed E-state index contributed by atoms with van der Waals surface area (Å²) in [4.78, 5) is 15.4. The van der Waals surface area contributed by atoms with Crippen LogP contribution in [0.25, 0.3) is 21.7 Å². The van der Waals surface area contributed by atoms with Crippen molar-refractivity contribution in [1.29, 1.82) is 0 Å². The van der Waals surface area contributed by atoms with Gasteiger partial charge in [-0.05, 0) is 28.6 Å². The number of nitrogens with one attached hydrogen (secondary N) is 2. The number of aliphatic carboxylic acids is 1. The second-order valence-electron chi connectivity index (χ2n) is 7.16. The average molecular weight is 372 g/mol. The van der Waals surface area contributed by atoms with Crippen LogP contribution in [0.3, 0.4) is 0 Å². The fraction of sp³-hybridized carbons (Fsp3) is 0.174. The molecule has 0 unspecified atom stereocenters. The molecule has 0 bridgehead atoms. The molecule has 28 heavy (non-hydrogen) atoms. The van der Waals surface area contributed by atoms with E-state index in [4.69, 9.17) is 4.74 Å². The van der Waals surface area contributed by atoms with Crippen molar-refractivity contribution in [1.82, 2.24) is 10.3 Å². The zero-order chi connectivity index (χ0) is 19.3. The minimum atomic E-state index is -0.834. The Labute approximate surface area is 161 Å². The molecular formula is C23H20N2O3. The van der Waals surface area contributed by atoms with E-state index in [9.17, 15) is 9.90 Å². The molecule has 5 rings (SSSR count). The summed E-state index contributed by atoms with van der Waals surface area (Å²) >= 11 is 0. The third kappa shape index (κ3) is 2.47. The maximum absolute atomic E-state index is 11.9. The van der Waals surface area contributed by atoms with E-state index in [0.29, 0.717) is 6.42 Å². The molecule has 2 atom stereocenters. The Kier molecular flexibility index (Phi) is 3.84. The molecule has 1 aliphatic heterocycles. The predicted octanol–water partition coefficient (Wildman–Crippen LogP) is 4.02. The summed E-state index contributed by atoms with van der Waals surface area (Å²) in [6.07, 6.45) is 0.458. The van der Waals surface area contributed by atoms with Crippen molar-refractivity contribution in [2.24, 2.45) is 0 Å². The van der Waals surface area contributed by atoms with Crippen LogP contribution in [0.1, 0.15) is 22.9 Å². The molecular weight excluding hydrogens is 352 g/mol. The fourth-order valence-corrected chi connectivity index (χ4v) is 4.36. The van der Waals surface area contributed by atoms with Gasteiger partial charge in [-0.3, -0.25) is 10.1 Å². The summed E-state index contributed by atoms with van der Waals surface area (Å²) in [5.74, 6) is -0.0273. The monoisotopic (exact) mass is 372 g/mol. The minimum absolute atomic E-state index is 0.243. The molecule has 1 aromatic heterocycles. The number of aromatic nitrogens is 1. The fourth-order valence-electron chi connectivity index (χ4n) is 4.36. The van der Waals surface area contributed by atoms with Gasteiger partial charge in [0.25, 0.3) is 0 Å². The number of rotatable bonds is 3. The van der Waals surface area contributed by atoms with Gasteiger partial charge in [0.05, 0.1) is 13.2 Å². The Morgan fingerprint density at radius 3 is 2.46 bits per heavy atom. The van der Waals surface area contributed by atoms with E-state index in [1.807, 2.05) is 48.5 Å². The first kappa shape index (κ1) is 16.8. The molecule has 0 saturated carbocycles. The minimum Gasteiger partial charge on any atom is -0.496 e. The maximum Gasteiger partial charge on any atom is 0.321 e. The van der Waals surface area contributed by atoms with Gasteiger partial charge in [-0.25, -0.2) is 0 Å². The highest BCUT2D eigenvalue weighted by Crippen LogP contribution is 2.39. The number of aromatic amines is 1. The lowest BCUT2D eigenvalue weighted by Gasteiger charge is -2.30. The Bertz CT molecular complexity index is 1210. The number of benzene rings is 3. The molecule has 0 spiro atoms. The van der Waals surface area contributed by atoms with E-state index in [0.717, 1.165) is 44.2 Å². The third-order valence-electron chi connectivity index (χ3n) is 5.66. The van der Waals surface area contributed by atoms with Crippen molar-refractivity contribution in [3.8, 4) is 5.75 Å². The Balaban J connectivity index is 1.77. The normalized spacial score (nSPS) is 18.9. The summed E-state index contributed by atoms with van der Waals surface area (Å²) in [6, 6.07) is 19.2. The van der Waals surface area contributed by atoms with E-state index in [2.05, 4.69) is 22.4 Å². The molecule has 0 fully saturated rings. The molecule has 2 heterocycles. The largest absolute Gasteiger partial charge is 0.496 e. The number of carboxylic acid groups (broad SMARTS) is 1. The molecule has 5 nitrogen and oxygen atoms in total. The third-order valence-corrected chi connectivity index (χ3v) is 5.66. The predicted molar refractivity (Wildman–Crippen MR) is 109 cm³/mol. The topological polar surface area (TPSA) is 74.3 Å². The highest BCUT2D eigenvalue weighted by atomic mass is 16.5. The van der Waals surface area contributed by atoms with Crippen LogP contribution in [0.5, 0.6) is 5.75 Å². The quantitative estimate of drug-likeness (QED) is 0.508. The Morgan fingerprint density at radius 1 is 1.00 bits per heavy atom. The van der Waals surface area contributed by atoms with Crippen LogP contribution < -0.4 is 10.1 Å². The van der Waals surface area contributed by atoms with Crippen LogP contribution in [-0.2, 0) is 11.2 Å². The zero-order valence-electron chi connectivity index (χ0n) is 15.4. The van der Waals surface area contributed by atoms with Crippen molar-refractivity contribution in [3.05, 3.63) is 77.5 Å². The number of carbonyl (C=O) groups is 1. The van der Waals surface area contributed by atoms with Crippen LogP contribution >= 0.6 is 0 Å². The van der Waals surface area contributed by atoms with Gasteiger partial charge >= 0.3 is 5.97 Å². The van der Waals surface area contributed by atoms with Gasteiger partial charge in [0.2, 0.25) is 0 Å². The van der Waals surface area contributed by atoms with E-state index < -0.39 is 12.0 Å². The molecule has 0 aliphatic carbocycles. The first-order valence-corrected chi connectivity index (χ1v) is 9.31. The lowest BCUT2D eigenvalue weighted by atomic mass is 9.88. The van der Waals surface area contributed by atoms with Gasteiger partial charge in [0, 0.05) is 28.4 Å². The molecule has 140 valence electrons. The lowest BCUT2D eigenvalue weighted by Crippen LogP contribution is -2.45. The Morgan fingerprint density at radius 2 is 1.71 bits per heavy atom. The van der Waals surface area contributed by atoms with E-state index in [1.165, 1.54) is 0 Å². The number of fused-ring (bicyclic) bond motifs is 4. The molecule has 3 aromatic carbocycles. The second-order valence-corrected chi connectivity index (χ2v) is 7.16. The van der Waals surface area contributed by atoms with Crippen LogP contribution in [0, 0.1) is 0 Å². The highest BCUT2D eigenvalue weighted by Gasteiger charge is 2.34.